The predicted molar refractivity (Wildman–Crippen MR) is 111 cm³/mol. The lowest BCUT2D eigenvalue weighted by molar-refractivity contribution is -0.134. The molecular formula is C23H24O6. The van der Waals surface area contributed by atoms with Gasteiger partial charge in [0.15, 0.2) is 11.5 Å². The van der Waals surface area contributed by atoms with E-state index in [0.29, 0.717) is 28.8 Å². The van der Waals surface area contributed by atoms with Crippen molar-refractivity contribution in [2.24, 2.45) is 0 Å². The van der Waals surface area contributed by atoms with Crippen LogP contribution in [0.2, 0.25) is 0 Å². The SMILES string of the molecule is COc1ccc2c(c1)C(OC(C)=O)=C(C)C2=Cc1cc(OC)c(OC)cc1OC. The van der Waals surface area contributed by atoms with Gasteiger partial charge in [0.05, 0.1) is 28.4 Å². The summed E-state index contributed by atoms with van der Waals surface area (Å²) in [5, 5.41) is 0. The topological polar surface area (TPSA) is 63.2 Å². The minimum absolute atomic E-state index is 0.377. The summed E-state index contributed by atoms with van der Waals surface area (Å²) in [5.41, 5.74) is 4.33. The Morgan fingerprint density at radius 1 is 0.828 bits per heavy atom. The van der Waals surface area contributed by atoms with Gasteiger partial charge >= 0.3 is 5.97 Å². The van der Waals surface area contributed by atoms with Gasteiger partial charge in [-0.1, -0.05) is 0 Å². The molecule has 0 unspecified atom stereocenters. The summed E-state index contributed by atoms with van der Waals surface area (Å²) in [7, 11) is 6.37. The Morgan fingerprint density at radius 3 is 2.07 bits per heavy atom. The lowest BCUT2D eigenvalue weighted by Crippen LogP contribution is -1.98. The van der Waals surface area contributed by atoms with Crippen LogP contribution in [-0.2, 0) is 9.53 Å². The molecule has 3 rings (SSSR count). The number of methoxy groups -OCH3 is 4. The van der Waals surface area contributed by atoms with Crippen LogP contribution in [0, 0.1) is 0 Å². The third kappa shape index (κ3) is 3.78. The molecule has 0 saturated heterocycles. The first-order chi connectivity index (χ1) is 13.9. The Morgan fingerprint density at radius 2 is 1.48 bits per heavy atom. The predicted octanol–water partition coefficient (Wildman–Crippen LogP) is 4.57. The number of rotatable bonds is 6. The van der Waals surface area contributed by atoms with Crippen LogP contribution in [0.3, 0.4) is 0 Å². The van der Waals surface area contributed by atoms with Gasteiger partial charge in [-0.05, 0) is 48.4 Å². The average Bonchev–Trinajstić information content (AvgIpc) is 2.97. The summed E-state index contributed by atoms with van der Waals surface area (Å²) in [6.45, 7) is 3.31. The van der Waals surface area contributed by atoms with E-state index < -0.39 is 0 Å². The van der Waals surface area contributed by atoms with Crippen molar-refractivity contribution < 1.29 is 28.5 Å². The van der Waals surface area contributed by atoms with Crippen molar-refractivity contribution in [3.05, 3.63) is 52.6 Å². The molecule has 1 aliphatic rings. The maximum atomic E-state index is 11.7. The van der Waals surface area contributed by atoms with Crippen LogP contribution in [0.15, 0.2) is 35.9 Å². The van der Waals surface area contributed by atoms with Crippen molar-refractivity contribution in [2.75, 3.05) is 28.4 Å². The van der Waals surface area contributed by atoms with Gasteiger partial charge in [0.1, 0.15) is 17.3 Å². The molecule has 0 N–H and O–H groups in total. The summed E-state index contributed by atoms with van der Waals surface area (Å²) >= 11 is 0. The maximum absolute atomic E-state index is 11.7. The molecule has 2 aromatic carbocycles. The molecule has 0 spiro atoms. The van der Waals surface area contributed by atoms with Crippen molar-refractivity contribution in [1.82, 2.24) is 0 Å². The standard InChI is InChI=1S/C23H24O6/c1-13-18(9-15-10-21(27-5)22(28-6)12-20(15)26-4)17-8-7-16(25-3)11-19(17)23(13)29-14(2)24/h7-12H,1-6H3. The molecular weight excluding hydrogens is 372 g/mol. The van der Waals surface area contributed by atoms with Crippen LogP contribution in [0.25, 0.3) is 17.4 Å². The quantitative estimate of drug-likeness (QED) is 0.667. The number of carbonyl (C=O) groups is 1. The first-order valence-electron chi connectivity index (χ1n) is 9.03. The van der Waals surface area contributed by atoms with Crippen LogP contribution in [0.1, 0.15) is 30.5 Å². The zero-order valence-electron chi connectivity index (χ0n) is 17.4. The minimum atomic E-state index is -0.377. The van der Waals surface area contributed by atoms with E-state index >= 15 is 0 Å². The number of hydrogen-bond acceptors (Lipinski definition) is 6. The van der Waals surface area contributed by atoms with Crippen LogP contribution in [0.5, 0.6) is 23.0 Å². The molecule has 6 heteroatoms. The summed E-state index contributed by atoms with van der Waals surface area (Å²) in [6, 6.07) is 9.33. The first kappa shape index (κ1) is 20.3. The van der Waals surface area contributed by atoms with Gasteiger partial charge in [0, 0.05) is 29.7 Å². The van der Waals surface area contributed by atoms with Gasteiger partial charge in [0.25, 0.3) is 0 Å². The largest absolute Gasteiger partial charge is 0.497 e. The Hall–Kier alpha value is -3.41. The monoisotopic (exact) mass is 396 g/mol. The molecule has 0 fully saturated rings. The van der Waals surface area contributed by atoms with Gasteiger partial charge in [0.2, 0.25) is 0 Å². The van der Waals surface area contributed by atoms with Crippen molar-refractivity contribution in [3.63, 3.8) is 0 Å². The van der Waals surface area contributed by atoms with Gasteiger partial charge in [-0.3, -0.25) is 4.79 Å². The normalized spacial score (nSPS) is 13.9. The zero-order chi connectivity index (χ0) is 21.1. The summed E-state index contributed by atoms with van der Waals surface area (Å²) in [6.07, 6.45) is 1.98. The second-order valence-electron chi connectivity index (χ2n) is 6.47. The highest BCUT2D eigenvalue weighted by Crippen LogP contribution is 2.45. The van der Waals surface area contributed by atoms with E-state index in [1.807, 2.05) is 37.3 Å². The van der Waals surface area contributed by atoms with E-state index in [-0.39, 0.29) is 5.97 Å². The van der Waals surface area contributed by atoms with E-state index in [1.54, 1.807) is 34.5 Å². The molecule has 1 aliphatic carbocycles. The summed E-state index contributed by atoms with van der Waals surface area (Å²) in [5.74, 6) is 2.64. The second kappa shape index (κ2) is 8.31. The molecule has 0 atom stereocenters. The minimum Gasteiger partial charge on any atom is -0.497 e. The second-order valence-corrected chi connectivity index (χ2v) is 6.47. The summed E-state index contributed by atoms with van der Waals surface area (Å²) in [4.78, 5) is 11.7. The molecule has 152 valence electrons. The fourth-order valence-corrected chi connectivity index (χ4v) is 3.38. The van der Waals surface area contributed by atoms with E-state index in [2.05, 4.69) is 0 Å². The van der Waals surface area contributed by atoms with Crippen LogP contribution >= 0.6 is 0 Å². The number of ether oxygens (including phenoxy) is 5. The summed E-state index contributed by atoms with van der Waals surface area (Å²) < 4.78 is 27.2. The lowest BCUT2D eigenvalue weighted by Gasteiger charge is -2.13. The molecule has 2 aromatic rings. The molecule has 0 aromatic heterocycles. The van der Waals surface area contributed by atoms with Gasteiger partial charge in [-0.2, -0.15) is 0 Å². The molecule has 0 saturated carbocycles. The molecule has 0 amide bonds. The van der Waals surface area contributed by atoms with Crippen molar-refractivity contribution >= 4 is 23.4 Å². The average molecular weight is 396 g/mol. The first-order valence-corrected chi connectivity index (χ1v) is 9.03. The Bertz CT molecular complexity index is 1020. The van der Waals surface area contributed by atoms with E-state index in [0.717, 1.165) is 27.8 Å². The number of allylic oxidation sites excluding steroid dienone is 2. The fraction of sp³-hybridized carbons (Fsp3) is 0.261. The number of hydrogen-bond donors (Lipinski definition) is 0. The number of fused-ring (bicyclic) bond motifs is 1. The fourth-order valence-electron chi connectivity index (χ4n) is 3.38. The Kier molecular flexibility index (Phi) is 5.82. The van der Waals surface area contributed by atoms with E-state index in [4.69, 9.17) is 23.7 Å². The molecule has 0 aliphatic heterocycles. The molecule has 0 heterocycles. The van der Waals surface area contributed by atoms with Gasteiger partial charge in [-0.25, -0.2) is 0 Å². The van der Waals surface area contributed by atoms with Crippen molar-refractivity contribution in [3.8, 4) is 23.0 Å². The molecule has 6 nitrogen and oxygen atoms in total. The maximum Gasteiger partial charge on any atom is 0.308 e. The van der Waals surface area contributed by atoms with Crippen LogP contribution in [0.4, 0.5) is 0 Å². The highest BCUT2D eigenvalue weighted by Gasteiger charge is 2.27. The number of carbonyl (C=O) groups excluding carboxylic acids is 1. The third-order valence-electron chi connectivity index (χ3n) is 4.79. The van der Waals surface area contributed by atoms with E-state index in [1.165, 1.54) is 6.92 Å². The Labute approximate surface area is 170 Å². The smallest absolute Gasteiger partial charge is 0.308 e. The third-order valence-corrected chi connectivity index (χ3v) is 4.79. The van der Waals surface area contributed by atoms with Gasteiger partial charge in [-0.15, -0.1) is 0 Å². The number of esters is 1. The van der Waals surface area contributed by atoms with E-state index in [9.17, 15) is 4.79 Å². The molecule has 29 heavy (non-hydrogen) atoms. The number of benzene rings is 2. The van der Waals surface area contributed by atoms with Crippen molar-refractivity contribution in [1.29, 1.82) is 0 Å². The molecule has 0 radical (unpaired) electrons. The Balaban J connectivity index is 2.22. The molecule has 0 bridgehead atoms. The van der Waals surface area contributed by atoms with Crippen LogP contribution in [-0.4, -0.2) is 34.4 Å². The lowest BCUT2D eigenvalue weighted by atomic mass is 10.00. The highest BCUT2D eigenvalue weighted by molar-refractivity contribution is 6.05. The van der Waals surface area contributed by atoms with Crippen LogP contribution < -0.4 is 18.9 Å². The van der Waals surface area contributed by atoms with Gasteiger partial charge < -0.3 is 23.7 Å². The highest BCUT2D eigenvalue weighted by atomic mass is 16.5. The van der Waals surface area contributed by atoms with Crippen molar-refractivity contribution in [2.45, 2.75) is 13.8 Å². The zero-order valence-corrected chi connectivity index (χ0v) is 17.4.